The van der Waals surface area contributed by atoms with Crippen molar-refractivity contribution in [3.63, 3.8) is 0 Å². The summed E-state index contributed by atoms with van der Waals surface area (Å²) in [5.41, 5.74) is 0.974. The van der Waals surface area contributed by atoms with Gasteiger partial charge in [0, 0.05) is 23.9 Å². The molecule has 3 aromatic rings. The number of nitrogens with one attached hydrogen (secondary N) is 1. The number of carbonyl (C=O) groups is 1. The van der Waals surface area contributed by atoms with Gasteiger partial charge in [-0.15, -0.1) is 11.3 Å². The number of thiophene rings is 1. The summed E-state index contributed by atoms with van der Waals surface area (Å²) in [6, 6.07) is 15.9. The average Bonchev–Trinajstić information content (AvgIpc) is 3.34. The maximum Gasteiger partial charge on any atom is 0.243 e. The highest BCUT2D eigenvalue weighted by molar-refractivity contribution is 7.89. The van der Waals surface area contributed by atoms with Gasteiger partial charge in [-0.2, -0.15) is 4.31 Å². The molecule has 4 rings (SSSR count). The lowest BCUT2D eigenvalue weighted by Gasteiger charge is -2.31. The lowest BCUT2D eigenvalue weighted by atomic mass is 9.96. The van der Waals surface area contributed by atoms with Crippen LogP contribution in [0.4, 0.5) is 8.78 Å². The van der Waals surface area contributed by atoms with E-state index in [4.69, 9.17) is 0 Å². The summed E-state index contributed by atoms with van der Waals surface area (Å²) in [6.45, 7) is 0.267. The number of carbonyl (C=O) groups excluding carboxylic acids is 1. The third-order valence-corrected chi connectivity index (χ3v) is 8.43. The molecule has 0 radical (unpaired) electrons. The molecule has 5 nitrogen and oxygen atoms in total. The molecule has 2 aromatic carbocycles. The zero-order valence-electron chi connectivity index (χ0n) is 17.1. The van der Waals surface area contributed by atoms with Crippen LogP contribution in [0.25, 0.3) is 0 Å². The topological polar surface area (TPSA) is 66.5 Å². The van der Waals surface area contributed by atoms with Crippen LogP contribution >= 0.6 is 11.3 Å². The van der Waals surface area contributed by atoms with Crippen molar-refractivity contribution in [3.8, 4) is 0 Å². The molecule has 9 heteroatoms. The minimum Gasteiger partial charge on any atom is -0.344 e. The predicted molar refractivity (Wildman–Crippen MR) is 119 cm³/mol. The second kappa shape index (κ2) is 9.48. The molecular formula is C23H22F2N2O3S2. The number of piperidine rings is 1. The molecule has 1 amide bonds. The van der Waals surface area contributed by atoms with Crippen LogP contribution in [0.2, 0.25) is 0 Å². The molecule has 32 heavy (non-hydrogen) atoms. The van der Waals surface area contributed by atoms with Gasteiger partial charge in [0.2, 0.25) is 15.9 Å². The Morgan fingerprint density at radius 1 is 1.00 bits per heavy atom. The van der Waals surface area contributed by atoms with Gasteiger partial charge in [0.15, 0.2) is 11.6 Å². The zero-order chi connectivity index (χ0) is 22.7. The fourth-order valence-corrected chi connectivity index (χ4v) is 6.11. The molecule has 1 aliphatic heterocycles. The fraction of sp³-hybridized carbons (Fsp3) is 0.261. The quantitative estimate of drug-likeness (QED) is 0.576. The summed E-state index contributed by atoms with van der Waals surface area (Å²) in [5.74, 6) is -2.77. The first kappa shape index (κ1) is 22.6. The summed E-state index contributed by atoms with van der Waals surface area (Å²) < 4.78 is 53.5. The van der Waals surface area contributed by atoms with Gasteiger partial charge in [0.25, 0.3) is 0 Å². The Balaban J connectivity index is 1.43. The van der Waals surface area contributed by atoms with Crippen molar-refractivity contribution in [2.75, 3.05) is 13.1 Å². The predicted octanol–water partition coefficient (Wildman–Crippen LogP) is 4.33. The average molecular weight is 477 g/mol. The van der Waals surface area contributed by atoms with Gasteiger partial charge in [0.05, 0.1) is 10.9 Å². The Morgan fingerprint density at radius 2 is 1.72 bits per heavy atom. The molecule has 1 aliphatic rings. The minimum absolute atomic E-state index is 0.128. The van der Waals surface area contributed by atoms with Crippen molar-refractivity contribution >= 4 is 27.3 Å². The number of halogens is 2. The SMILES string of the molecule is O=C(NC(c1ccccc1)c1cccs1)C1CCN(S(=O)(=O)c2ccc(F)c(F)c2)CC1. The third-order valence-electron chi connectivity index (χ3n) is 5.60. The van der Waals surface area contributed by atoms with E-state index < -0.39 is 21.7 Å². The first-order valence-electron chi connectivity index (χ1n) is 10.2. The summed E-state index contributed by atoms with van der Waals surface area (Å²) >= 11 is 1.56. The highest BCUT2D eigenvalue weighted by Crippen LogP contribution is 2.29. The molecule has 1 unspecified atom stereocenters. The zero-order valence-corrected chi connectivity index (χ0v) is 18.7. The van der Waals surface area contributed by atoms with Crippen molar-refractivity contribution in [1.29, 1.82) is 0 Å². The van der Waals surface area contributed by atoms with E-state index in [0.29, 0.717) is 18.9 Å². The number of hydrogen-bond donors (Lipinski definition) is 1. The number of sulfonamides is 1. The van der Waals surface area contributed by atoms with Gasteiger partial charge in [-0.1, -0.05) is 36.4 Å². The lowest BCUT2D eigenvalue weighted by molar-refractivity contribution is -0.126. The van der Waals surface area contributed by atoms with Crippen molar-refractivity contribution in [2.45, 2.75) is 23.8 Å². The van der Waals surface area contributed by atoms with E-state index in [2.05, 4.69) is 5.32 Å². The largest absolute Gasteiger partial charge is 0.344 e. The van der Waals surface area contributed by atoms with Crippen LogP contribution in [0.1, 0.15) is 29.3 Å². The highest BCUT2D eigenvalue weighted by Gasteiger charge is 2.33. The molecule has 2 heterocycles. The van der Waals surface area contributed by atoms with E-state index in [0.717, 1.165) is 22.6 Å². The Morgan fingerprint density at radius 3 is 2.34 bits per heavy atom. The van der Waals surface area contributed by atoms with Gasteiger partial charge < -0.3 is 5.32 Å². The number of amides is 1. The molecule has 1 fully saturated rings. The summed E-state index contributed by atoms with van der Waals surface area (Å²) in [4.78, 5) is 13.7. The Labute approximate surface area is 189 Å². The monoisotopic (exact) mass is 476 g/mol. The van der Waals surface area contributed by atoms with Crippen LogP contribution < -0.4 is 5.32 Å². The number of benzene rings is 2. The molecule has 1 N–H and O–H groups in total. The number of nitrogens with zero attached hydrogens (tertiary/aromatic N) is 1. The smallest absolute Gasteiger partial charge is 0.243 e. The van der Waals surface area contributed by atoms with Gasteiger partial charge in [-0.05, 0) is 48.1 Å². The molecule has 0 aliphatic carbocycles. The molecule has 1 saturated heterocycles. The second-order valence-corrected chi connectivity index (χ2v) is 10.5. The van der Waals surface area contributed by atoms with E-state index in [1.165, 1.54) is 4.31 Å². The molecule has 1 aromatic heterocycles. The van der Waals surface area contributed by atoms with Crippen molar-refractivity contribution in [3.05, 3.63) is 88.1 Å². The number of rotatable bonds is 6. The van der Waals surface area contributed by atoms with E-state index in [1.54, 1.807) is 11.3 Å². The lowest BCUT2D eigenvalue weighted by Crippen LogP contribution is -2.43. The summed E-state index contributed by atoms with van der Waals surface area (Å²) in [5, 5.41) is 5.07. The van der Waals surface area contributed by atoms with Crippen molar-refractivity contribution < 1.29 is 22.0 Å². The van der Waals surface area contributed by atoms with Gasteiger partial charge >= 0.3 is 0 Å². The van der Waals surface area contributed by atoms with Crippen LogP contribution in [0.5, 0.6) is 0 Å². The first-order valence-corrected chi connectivity index (χ1v) is 12.5. The molecular weight excluding hydrogens is 454 g/mol. The summed E-state index contributed by atoms with van der Waals surface area (Å²) in [7, 11) is -3.96. The van der Waals surface area contributed by atoms with Crippen LogP contribution in [-0.2, 0) is 14.8 Å². The van der Waals surface area contributed by atoms with E-state index in [9.17, 15) is 22.0 Å². The second-order valence-electron chi connectivity index (χ2n) is 7.62. The Hall–Kier alpha value is -2.62. The standard InChI is InChI=1S/C23H22F2N2O3S2/c24-19-9-8-18(15-20(19)25)32(29,30)27-12-10-17(11-13-27)23(28)26-22(21-7-4-14-31-21)16-5-2-1-3-6-16/h1-9,14-15,17,22H,10-13H2,(H,26,28). The molecule has 0 spiro atoms. The van der Waals surface area contributed by atoms with E-state index >= 15 is 0 Å². The maximum absolute atomic E-state index is 13.5. The molecule has 0 saturated carbocycles. The van der Waals surface area contributed by atoms with Crippen molar-refractivity contribution in [2.24, 2.45) is 5.92 Å². The Bertz CT molecular complexity index is 1180. The minimum atomic E-state index is -3.96. The van der Waals surface area contributed by atoms with Crippen LogP contribution in [0.15, 0.2) is 70.9 Å². The molecule has 0 bridgehead atoms. The van der Waals surface area contributed by atoms with Crippen LogP contribution in [0, 0.1) is 17.6 Å². The van der Waals surface area contributed by atoms with E-state index in [-0.39, 0.29) is 35.9 Å². The Kier molecular flexibility index (Phi) is 6.68. The van der Waals surface area contributed by atoms with Gasteiger partial charge in [-0.25, -0.2) is 17.2 Å². The first-order chi connectivity index (χ1) is 15.4. The van der Waals surface area contributed by atoms with E-state index in [1.807, 2.05) is 47.8 Å². The normalized spacial score (nSPS) is 16.6. The molecule has 168 valence electrons. The number of hydrogen-bond acceptors (Lipinski definition) is 4. The fourth-order valence-electron chi connectivity index (χ4n) is 3.82. The highest BCUT2D eigenvalue weighted by atomic mass is 32.2. The molecule has 1 atom stereocenters. The van der Waals surface area contributed by atoms with Gasteiger partial charge in [-0.3, -0.25) is 4.79 Å². The maximum atomic E-state index is 13.5. The summed E-state index contributed by atoms with van der Waals surface area (Å²) in [6.07, 6.45) is 0.696. The van der Waals surface area contributed by atoms with Crippen molar-refractivity contribution in [1.82, 2.24) is 9.62 Å². The van der Waals surface area contributed by atoms with Crippen LogP contribution in [-0.4, -0.2) is 31.7 Å². The third kappa shape index (κ3) is 4.74. The van der Waals surface area contributed by atoms with Gasteiger partial charge in [0.1, 0.15) is 0 Å². The van der Waals surface area contributed by atoms with Crippen LogP contribution in [0.3, 0.4) is 0 Å².